The highest BCUT2D eigenvalue weighted by atomic mass is 19.3. The van der Waals surface area contributed by atoms with Crippen molar-refractivity contribution < 1.29 is 23.1 Å². The molecule has 0 aliphatic rings. The van der Waals surface area contributed by atoms with E-state index in [4.69, 9.17) is 0 Å². The number of nitrogens with one attached hydrogen (secondary N) is 1. The number of esters is 1. The molecule has 0 spiro atoms. The molecule has 0 saturated carbocycles. The second-order valence-electron chi connectivity index (χ2n) is 3.51. The molecule has 0 aromatic carbocycles. The van der Waals surface area contributed by atoms with Crippen LogP contribution in [0.2, 0.25) is 0 Å². The predicted molar refractivity (Wildman–Crippen MR) is 49.4 cm³/mol. The molecule has 0 radical (unpaired) electrons. The predicted octanol–water partition coefficient (Wildman–Crippen LogP) is 0.955. The van der Waals surface area contributed by atoms with Gasteiger partial charge in [0.1, 0.15) is 6.04 Å². The van der Waals surface area contributed by atoms with Crippen molar-refractivity contribution in [3.63, 3.8) is 0 Å². The van der Waals surface area contributed by atoms with E-state index in [9.17, 15) is 18.4 Å². The van der Waals surface area contributed by atoms with E-state index in [1.54, 1.807) is 0 Å². The van der Waals surface area contributed by atoms with E-state index >= 15 is 0 Å². The van der Waals surface area contributed by atoms with Gasteiger partial charge in [0.25, 0.3) is 5.91 Å². The fraction of sp³-hybridized carbons (Fsp3) is 0.778. The third-order valence-corrected chi connectivity index (χ3v) is 1.71. The Morgan fingerprint density at radius 2 is 1.87 bits per heavy atom. The largest absolute Gasteiger partial charge is 0.467 e. The van der Waals surface area contributed by atoms with Crippen LogP contribution in [0, 0.1) is 5.92 Å². The van der Waals surface area contributed by atoms with Gasteiger partial charge in [-0.25, -0.2) is 4.79 Å². The minimum atomic E-state index is -3.12. The minimum Gasteiger partial charge on any atom is -0.467 e. The summed E-state index contributed by atoms with van der Waals surface area (Å²) < 4.78 is 28.3. The number of hydrogen-bond donors (Lipinski definition) is 1. The van der Waals surface area contributed by atoms with Gasteiger partial charge in [0.05, 0.1) is 7.11 Å². The molecule has 4 nitrogen and oxygen atoms in total. The molecule has 88 valence electrons. The van der Waals surface area contributed by atoms with Gasteiger partial charge < -0.3 is 10.1 Å². The maximum absolute atomic E-state index is 11.9. The Balaban J connectivity index is 4.37. The lowest BCUT2D eigenvalue weighted by atomic mass is 10.0. The number of carbonyl (C=O) groups is 2. The molecular weight excluding hydrogens is 208 g/mol. The van der Waals surface area contributed by atoms with E-state index in [-0.39, 0.29) is 12.3 Å². The Morgan fingerprint density at radius 1 is 1.33 bits per heavy atom. The van der Waals surface area contributed by atoms with Crippen molar-refractivity contribution in [2.75, 3.05) is 7.11 Å². The van der Waals surface area contributed by atoms with Gasteiger partial charge in [-0.2, -0.15) is 8.78 Å². The number of methoxy groups -OCH3 is 1. The van der Waals surface area contributed by atoms with E-state index in [1.165, 1.54) is 0 Å². The van der Waals surface area contributed by atoms with Crippen LogP contribution in [0.1, 0.15) is 20.3 Å². The summed E-state index contributed by atoms with van der Waals surface area (Å²) in [5, 5.41) is 1.94. The van der Waals surface area contributed by atoms with Crippen molar-refractivity contribution in [2.45, 2.75) is 32.7 Å². The van der Waals surface area contributed by atoms with Crippen LogP contribution in [0.3, 0.4) is 0 Å². The average molecular weight is 223 g/mol. The zero-order valence-corrected chi connectivity index (χ0v) is 8.92. The number of rotatable bonds is 5. The monoisotopic (exact) mass is 223 g/mol. The molecule has 15 heavy (non-hydrogen) atoms. The van der Waals surface area contributed by atoms with Crippen LogP contribution >= 0.6 is 0 Å². The molecule has 0 fully saturated rings. The van der Waals surface area contributed by atoms with Crippen LogP contribution in [-0.4, -0.2) is 31.5 Å². The highest BCUT2D eigenvalue weighted by Gasteiger charge is 2.26. The molecule has 1 unspecified atom stereocenters. The van der Waals surface area contributed by atoms with Crippen molar-refractivity contribution in [2.24, 2.45) is 5.92 Å². The summed E-state index contributed by atoms with van der Waals surface area (Å²) in [5.74, 6) is -2.07. The topological polar surface area (TPSA) is 55.4 Å². The van der Waals surface area contributed by atoms with Crippen LogP contribution < -0.4 is 5.32 Å². The van der Waals surface area contributed by atoms with Crippen LogP contribution in [0.4, 0.5) is 8.78 Å². The first kappa shape index (κ1) is 13.8. The number of halogens is 2. The number of alkyl halides is 2. The standard InChI is InChI=1S/C9H15F2NO3/c1-5(2)4-6(9(14)15-3)12-8(13)7(10)11/h5-7H,4H2,1-3H3,(H,12,13). The lowest BCUT2D eigenvalue weighted by Crippen LogP contribution is -2.44. The van der Waals surface area contributed by atoms with Crippen molar-refractivity contribution >= 4 is 11.9 Å². The second kappa shape index (κ2) is 6.31. The maximum Gasteiger partial charge on any atom is 0.328 e. The number of hydrogen-bond acceptors (Lipinski definition) is 3. The quantitative estimate of drug-likeness (QED) is 0.706. The molecule has 6 heteroatoms. The van der Waals surface area contributed by atoms with E-state index in [1.807, 2.05) is 19.2 Å². The highest BCUT2D eigenvalue weighted by molar-refractivity contribution is 5.85. The summed E-state index contributed by atoms with van der Waals surface area (Å²) >= 11 is 0. The number of carbonyl (C=O) groups excluding carboxylic acids is 2. The first-order chi connectivity index (χ1) is 6.88. The van der Waals surface area contributed by atoms with E-state index in [2.05, 4.69) is 4.74 Å². The Labute approximate surface area is 87.0 Å². The summed E-state index contributed by atoms with van der Waals surface area (Å²) in [5.41, 5.74) is 0. The Hall–Kier alpha value is -1.20. The van der Waals surface area contributed by atoms with Crippen LogP contribution in [0.5, 0.6) is 0 Å². The fourth-order valence-corrected chi connectivity index (χ4v) is 1.06. The molecule has 0 aromatic rings. The Bertz CT molecular complexity index is 231. The van der Waals surface area contributed by atoms with Gasteiger partial charge in [0, 0.05) is 0 Å². The third-order valence-electron chi connectivity index (χ3n) is 1.71. The van der Waals surface area contributed by atoms with Gasteiger partial charge in [0.2, 0.25) is 0 Å². The average Bonchev–Trinajstić information content (AvgIpc) is 2.14. The van der Waals surface area contributed by atoms with Gasteiger partial charge in [0.15, 0.2) is 0 Å². The smallest absolute Gasteiger partial charge is 0.328 e. The van der Waals surface area contributed by atoms with Gasteiger partial charge in [-0.3, -0.25) is 4.79 Å². The third kappa shape index (κ3) is 5.29. The van der Waals surface area contributed by atoms with Crippen LogP contribution in [-0.2, 0) is 14.3 Å². The summed E-state index contributed by atoms with van der Waals surface area (Å²) in [7, 11) is 1.14. The lowest BCUT2D eigenvalue weighted by Gasteiger charge is -2.17. The van der Waals surface area contributed by atoms with Gasteiger partial charge in [-0.1, -0.05) is 13.8 Å². The summed E-state index contributed by atoms with van der Waals surface area (Å²) in [6, 6.07) is -1.00. The number of amides is 1. The zero-order chi connectivity index (χ0) is 12.0. The van der Waals surface area contributed by atoms with Gasteiger partial charge in [-0.05, 0) is 12.3 Å². The van der Waals surface area contributed by atoms with Crippen LogP contribution in [0.25, 0.3) is 0 Å². The molecule has 0 bridgehead atoms. The highest BCUT2D eigenvalue weighted by Crippen LogP contribution is 2.07. The molecule has 0 saturated heterocycles. The summed E-state index contributed by atoms with van der Waals surface area (Å²) in [6.07, 6.45) is -2.85. The van der Waals surface area contributed by atoms with Gasteiger partial charge >= 0.3 is 12.4 Å². The summed E-state index contributed by atoms with van der Waals surface area (Å²) in [6.45, 7) is 3.62. The van der Waals surface area contributed by atoms with Gasteiger partial charge in [-0.15, -0.1) is 0 Å². The van der Waals surface area contributed by atoms with E-state index in [0.29, 0.717) is 0 Å². The molecule has 0 heterocycles. The van der Waals surface area contributed by atoms with E-state index < -0.39 is 24.3 Å². The molecular formula is C9H15F2NO3. The minimum absolute atomic E-state index is 0.0899. The first-order valence-corrected chi connectivity index (χ1v) is 4.54. The molecule has 0 aromatic heterocycles. The normalized spacial score (nSPS) is 12.7. The fourth-order valence-electron chi connectivity index (χ4n) is 1.06. The van der Waals surface area contributed by atoms with E-state index in [0.717, 1.165) is 7.11 Å². The summed E-state index contributed by atoms with van der Waals surface area (Å²) in [4.78, 5) is 21.8. The van der Waals surface area contributed by atoms with Crippen molar-refractivity contribution in [1.29, 1.82) is 0 Å². The van der Waals surface area contributed by atoms with Crippen LogP contribution in [0.15, 0.2) is 0 Å². The zero-order valence-electron chi connectivity index (χ0n) is 8.92. The lowest BCUT2D eigenvalue weighted by molar-refractivity contribution is -0.147. The first-order valence-electron chi connectivity index (χ1n) is 4.54. The Kier molecular flexibility index (Phi) is 5.81. The van der Waals surface area contributed by atoms with Crippen molar-refractivity contribution in [3.05, 3.63) is 0 Å². The van der Waals surface area contributed by atoms with Crippen molar-refractivity contribution in [1.82, 2.24) is 5.32 Å². The molecule has 0 rings (SSSR count). The Morgan fingerprint density at radius 3 is 2.20 bits per heavy atom. The molecule has 0 aliphatic carbocycles. The molecule has 1 amide bonds. The van der Waals surface area contributed by atoms with Crippen molar-refractivity contribution in [3.8, 4) is 0 Å². The number of ether oxygens (including phenoxy) is 1. The molecule has 1 N–H and O–H groups in total. The molecule has 1 atom stereocenters. The molecule has 0 aliphatic heterocycles. The SMILES string of the molecule is COC(=O)C(CC(C)C)NC(=O)C(F)F. The maximum atomic E-state index is 11.9. The second-order valence-corrected chi connectivity index (χ2v) is 3.51.